The van der Waals surface area contributed by atoms with Crippen molar-refractivity contribution >= 4 is 11.3 Å². The summed E-state index contributed by atoms with van der Waals surface area (Å²) in [6, 6.07) is 0. The van der Waals surface area contributed by atoms with Crippen LogP contribution in [0.25, 0.3) is 0 Å². The molecule has 1 N–H and O–H groups in total. The number of hydrogen-bond acceptors (Lipinski definition) is 4. The molecular formula is C10H17NO2S. The number of thiazole rings is 1. The van der Waals surface area contributed by atoms with Crippen LogP contribution in [0.3, 0.4) is 0 Å². The molecule has 0 aromatic carbocycles. The number of aliphatic hydroxyl groups is 1. The van der Waals surface area contributed by atoms with E-state index in [0.717, 1.165) is 4.88 Å². The van der Waals surface area contributed by atoms with Gasteiger partial charge in [-0.05, 0) is 5.92 Å². The Morgan fingerprint density at radius 3 is 2.71 bits per heavy atom. The van der Waals surface area contributed by atoms with Crippen molar-refractivity contribution in [1.29, 1.82) is 0 Å². The number of rotatable bonds is 5. The zero-order valence-corrected chi connectivity index (χ0v) is 9.62. The number of aromatic nitrogens is 1. The lowest BCUT2D eigenvalue weighted by Crippen LogP contribution is -2.34. The summed E-state index contributed by atoms with van der Waals surface area (Å²) in [6.07, 6.45) is 1.87. The summed E-state index contributed by atoms with van der Waals surface area (Å²) in [6.45, 7) is 4.09. The molecule has 2 atom stereocenters. The van der Waals surface area contributed by atoms with Crippen LogP contribution in [0.4, 0.5) is 0 Å². The van der Waals surface area contributed by atoms with E-state index < -0.39 is 6.10 Å². The fraction of sp³-hybridized carbons (Fsp3) is 0.700. The van der Waals surface area contributed by atoms with Crippen molar-refractivity contribution < 1.29 is 9.84 Å². The minimum Gasteiger partial charge on any atom is -0.390 e. The van der Waals surface area contributed by atoms with E-state index in [1.165, 1.54) is 0 Å². The first-order chi connectivity index (χ1) is 6.65. The highest BCUT2D eigenvalue weighted by Crippen LogP contribution is 2.16. The van der Waals surface area contributed by atoms with Gasteiger partial charge in [0.15, 0.2) is 0 Å². The fourth-order valence-corrected chi connectivity index (χ4v) is 2.18. The van der Waals surface area contributed by atoms with Gasteiger partial charge in [-0.25, -0.2) is 0 Å². The quantitative estimate of drug-likeness (QED) is 0.813. The predicted molar refractivity (Wildman–Crippen MR) is 57.5 cm³/mol. The lowest BCUT2D eigenvalue weighted by atomic mass is 9.99. The molecule has 0 fully saturated rings. The minimum absolute atomic E-state index is 0.0999. The first kappa shape index (κ1) is 11.6. The molecule has 0 spiro atoms. The third kappa shape index (κ3) is 3.04. The third-order valence-electron chi connectivity index (χ3n) is 2.20. The summed E-state index contributed by atoms with van der Waals surface area (Å²) in [7, 11) is 1.64. The molecule has 1 aromatic rings. The molecule has 1 aromatic heterocycles. The van der Waals surface area contributed by atoms with Crippen molar-refractivity contribution in [2.24, 2.45) is 5.92 Å². The monoisotopic (exact) mass is 215 g/mol. The fourth-order valence-electron chi connectivity index (χ4n) is 1.54. The second-order valence-corrected chi connectivity index (χ2v) is 4.65. The highest BCUT2D eigenvalue weighted by molar-refractivity contribution is 7.09. The average molecular weight is 215 g/mol. The highest BCUT2D eigenvalue weighted by Gasteiger charge is 2.22. The van der Waals surface area contributed by atoms with Crippen molar-refractivity contribution in [2.45, 2.75) is 32.5 Å². The van der Waals surface area contributed by atoms with E-state index in [0.29, 0.717) is 12.3 Å². The first-order valence-electron chi connectivity index (χ1n) is 4.73. The van der Waals surface area contributed by atoms with Crippen molar-refractivity contribution in [1.82, 2.24) is 4.98 Å². The van der Waals surface area contributed by atoms with Crippen LogP contribution in [0.5, 0.6) is 0 Å². The van der Waals surface area contributed by atoms with E-state index in [1.54, 1.807) is 30.2 Å². The molecule has 0 bridgehead atoms. The Balaban J connectivity index is 2.51. The Morgan fingerprint density at radius 2 is 2.29 bits per heavy atom. The molecule has 1 heterocycles. The maximum absolute atomic E-state index is 9.91. The molecule has 2 unspecified atom stereocenters. The maximum atomic E-state index is 9.91. The molecule has 0 saturated carbocycles. The van der Waals surface area contributed by atoms with Gasteiger partial charge < -0.3 is 9.84 Å². The summed E-state index contributed by atoms with van der Waals surface area (Å²) in [5.41, 5.74) is 1.78. The Labute approximate surface area is 88.8 Å². The Morgan fingerprint density at radius 1 is 1.57 bits per heavy atom. The molecule has 1 rings (SSSR count). The summed E-state index contributed by atoms with van der Waals surface area (Å²) in [5.74, 6) is 0.322. The van der Waals surface area contributed by atoms with Crippen LogP contribution in [0, 0.1) is 5.92 Å². The Bertz CT molecular complexity index is 249. The number of nitrogens with zero attached hydrogens (tertiary/aromatic N) is 1. The van der Waals surface area contributed by atoms with Crippen LogP contribution in [0.1, 0.15) is 18.7 Å². The van der Waals surface area contributed by atoms with E-state index in [4.69, 9.17) is 4.74 Å². The summed E-state index contributed by atoms with van der Waals surface area (Å²) in [4.78, 5) is 5.07. The minimum atomic E-state index is -0.444. The van der Waals surface area contributed by atoms with Crippen LogP contribution in [-0.4, -0.2) is 29.4 Å². The smallest absolute Gasteiger partial charge is 0.0856 e. The molecule has 0 amide bonds. The van der Waals surface area contributed by atoms with Gasteiger partial charge in [0.1, 0.15) is 0 Å². The van der Waals surface area contributed by atoms with Gasteiger partial charge in [-0.15, -0.1) is 11.3 Å². The molecule has 0 aliphatic rings. The zero-order valence-electron chi connectivity index (χ0n) is 8.80. The maximum Gasteiger partial charge on any atom is 0.0856 e. The average Bonchev–Trinajstić information content (AvgIpc) is 2.57. The molecule has 4 heteroatoms. The largest absolute Gasteiger partial charge is 0.390 e. The zero-order chi connectivity index (χ0) is 10.6. The van der Waals surface area contributed by atoms with Crippen molar-refractivity contribution in [3.8, 4) is 0 Å². The van der Waals surface area contributed by atoms with Crippen molar-refractivity contribution in [2.75, 3.05) is 7.11 Å². The van der Waals surface area contributed by atoms with E-state index in [9.17, 15) is 5.11 Å². The van der Waals surface area contributed by atoms with Gasteiger partial charge in [-0.1, -0.05) is 13.8 Å². The number of hydrogen-bond donors (Lipinski definition) is 1. The van der Waals surface area contributed by atoms with E-state index in [-0.39, 0.29) is 6.10 Å². The van der Waals surface area contributed by atoms with Gasteiger partial charge >= 0.3 is 0 Å². The van der Waals surface area contributed by atoms with Crippen LogP contribution in [0.15, 0.2) is 11.7 Å². The van der Waals surface area contributed by atoms with Gasteiger partial charge in [0.2, 0.25) is 0 Å². The number of methoxy groups -OCH3 is 1. The molecule has 80 valence electrons. The van der Waals surface area contributed by atoms with E-state index in [2.05, 4.69) is 4.98 Å². The van der Waals surface area contributed by atoms with Crippen LogP contribution in [0.2, 0.25) is 0 Å². The first-order valence-corrected chi connectivity index (χ1v) is 5.61. The lowest BCUT2D eigenvalue weighted by molar-refractivity contribution is -0.0364. The summed E-state index contributed by atoms with van der Waals surface area (Å²) < 4.78 is 5.26. The van der Waals surface area contributed by atoms with Crippen LogP contribution in [-0.2, 0) is 11.2 Å². The van der Waals surface area contributed by atoms with Gasteiger partial charge in [0.25, 0.3) is 0 Å². The summed E-state index contributed by atoms with van der Waals surface area (Å²) in [5, 5.41) is 9.91. The molecular weight excluding hydrogens is 198 g/mol. The molecule has 0 radical (unpaired) electrons. The van der Waals surface area contributed by atoms with Gasteiger partial charge in [0.05, 0.1) is 17.7 Å². The molecule has 0 aliphatic carbocycles. The topological polar surface area (TPSA) is 42.4 Å². The van der Waals surface area contributed by atoms with Crippen LogP contribution < -0.4 is 0 Å². The third-order valence-corrected chi connectivity index (χ3v) is 3.00. The van der Waals surface area contributed by atoms with Gasteiger partial charge in [-0.3, -0.25) is 4.98 Å². The SMILES string of the molecule is COC(C(C)C)C(O)Cc1cncs1. The number of ether oxygens (including phenoxy) is 1. The molecule has 3 nitrogen and oxygen atoms in total. The summed E-state index contributed by atoms with van der Waals surface area (Å²) >= 11 is 1.56. The normalized spacial score (nSPS) is 15.8. The molecule has 0 saturated heterocycles. The highest BCUT2D eigenvalue weighted by atomic mass is 32.1. The van der Waals surface area contributed by atoms with Crippen molar-refractivity contribution in [3.05, 3.63) is 16.6 Å². The lowest BCUT2D eigenvalue weighted by Gasteiger charge is -2.24. The van der Waals surface area contributed by atoms with Gasteiger partial charge in [0, 0.05) is 24.6 Å². The Kier molecular flexibility index (Phi) is 4.51. The van der Waals surface area contributed by atoms with E-state index >= 15 is 0 Å². The second kappa shape index (κ2) is 5.44. The van der Waals surface area contributed by atoms with Crippen molar-refractivity contribution in [3.63, 3.8) is 0 Å². The molecule has 0 aliphatic heterocycles. The second-order valence-electron chi connectivity index (χ2n) is 3.68. The molecule has 14 heavy (non-hydrogen) atoms. The van der Waals surface area contributed by atoms with E-state index in [1.807, 2.05) is 13.8 Å². The Hall–Kier alpha value is -0.450. The van der Waals surface area contributed by atoms with Crippen LogP contribution >= 0.6 is 11.3 Å². The van der Waals surface area contributed by atoms with Gasteiger partial charge in [-0.2, -0.15) is 0 Å². The number of aliphatic hydroxyl groups excluding tert-OH is 1. The standard InChI is InChI=1S/C10H17NO2S/c1-7(2)10(13-3)9(12)4-8-5-11-6-14-8/h5-7,9-10,12H,4H2,1-3H3. The predicted octanol–water partition coefficient (Wildman–Crippen LogP) is 1.72.